The maximum atomic E-state index is 12.7. The van der Waals surface area contributed by atoms with Crippen LogP contribution < -0.4 is 4.90 Å². The van der Waals surface area contributed by atoms with Crippen molar-refractivity contribution < 1.29 is 14.6 Å². The molecule has 0 bridgehead atoms. The number of morpholine rings is 1. The first-order valence-corrected chi connectivity index (χ1v) is 10.8. The molecule has 4 rings (SSSR count). The first-order chi connectivity index (χ1) is 14.6. The standard InChI is InChI=1S/C24H31N3O3/c1-25(21-9-7-20(8-10-21)24(29)27-13-15-30-16-14-27)23(19-5-3-2-4-6-19)18-26-12-11-22(28)17-26/h2-10,22-23,28H,11-18H2,1H3. The summed E-state index contributed by atoms with van der Waals surface area (Å²) < 4.78 is 5.35. The second-order valence-electron chi connectivity index (χ2n) is 8.19. The number of likely N-dealkylation sites (tertiary alicyclic amines) is 1. The Hall–Kier alpha value is -2.41. The number of aliphatic hydroxyl groups is 1. The van der Waals surface area contributed by atoms with E-state index in [1.54, 1.807) is 0 Å². The van der Waals surface area contributed by atoms with Crippen molar-refractivity contribution in [1.82, 2.24) is 9.80 Å². The largest absolute Gasteiger partial charge is 0.392 e. The molecule has 1 N–H and O–H groups in total. The number of hydrogen-bond acceptors (Lipinski definition) is 5. The van der Waals surface area contributed by atoms with Crippen LogP contribution in [0.15, 0.2) is 54.6 Å². The molecular formula is C24H31N3O3. The van der Waals surface area contributed by atoms with Crippen LogP contribution >= 0.6 is 0 Å². The monoisotopic (exact) mass is 409 g/mol. The van der Waals surface area contributed by atoms with Gasteiger partial charge in [-0.25, -0.2) is 0 Å². The smallest absolute Gasteiger partial charge is 0.254 e. The Kier molecular flexibility index (Phi) is 6.67. The first-order valence-electron chi connectivity index (χ1n) is 10.8. The molecule has 0 radical (unpaired) electrons. The highest BCUT2D eigenvalue weighted by atomic mass is 16.5. The molecule has 1 amide bonds. The number of likely N-dealkylation sites (N-methyl/N-ethyl adjacent to an activating group) is 1. The third-order valence-corrected chi connectivity index (χ3v) is 6.15. The molecule has 2 heterocycles. The molecule has 2 aromatic rings. The zero-order valence-corrected chi connectivity index (χ0v) is 17.6. The lowest BCUT2D eigenvalue weighted by atomic mass is 10.0. The van der Waals surface area contributed by atoms with E-state index < -0.39 is 0 Å². The summed E-state index contributed by atoms with van der Waals surface area (Å²) in [4.78, 5) is 19.2. The van der Waals surface area contributed by atoms with Crippen molar-refractivity contribution in [2.24, 2.45) is 0 Å². The molecule has 2 saturated heterocycles. The number of carbonyl (C=O) groups is 1. The second kappa shape index (κ2) is 9.60. The van der Waals surface area contributed by atoms with Crippen molar-refractivity contribution in [3.05, 3.63) is 65.7 Å². The van der Waals surface area contributed by atoms with E-state index in [9.17, 15) is 9.90 Å². The third-order valence-electron chi connectivity index (χ3n) is 6.15. The van der Waals surface area contributed by atoms with Gasteiger partial charge in [-0.3, -0.25) is 9.69 Å². The van der Waals surface area contributed by atoms with Crippen LogP contribution in [0.2, 0.25) is 0 Å². The minimum absolute atomic E-state index is 0.0677. The van der Waals surface area contributed by atoms with Crippen molar-refractivity contribution in [2.45, 2.75) is 18.6 Å². The molecule has 2 aromatic carbocycles. The minimum atomic E-state index is -0.225. The number of aliphatic hydroxyl groups excluding tert-OH is 1. The van der Waals surface area contributed by atoms with E-state index in [0.29, 0.717) is 31.9 Å². The molecule has 2 aliphatic rings. The summed E-state index contributed by atoms with van der Waals surface area (Å²) in [6, 6.07) is 18.6. The van der Waals surface area contributed by atoms with Gasteiger partial charge in [-0.15, -0.1) is 0 Å². The quantitative estimate of drug-likeness (QED) is 0.794. The van der Waals surface area contributed by atoms with Gasteiger partial charge in [-0.1, -0.05) is 30.3 Å². The van der Waals surface area contributed by atoms with Gasteiger partial charge in [0.1, 0.15) is 0 Å². The summed E-state index contributed by atoms with van der Waals surface area (Å²) in [6.07, 6.45) is 0.612. The maximum Gasteiger partial charge on any atom is 0.254 e. The van der Waals surface area contributed by atoms with Crippen molar-refractivity contribution in [1.29, 1.82) is 0 Å². The predicted molar refractivity (Wildman–Crippen MR) is 118 cm³/mol. The average Bonchev–Trinajstić information content (AvgIpc) is 3.22. The Labute approximate surface area is 178 Å². The van der Waals surface area contributed by atoms with Gasteiger partial charge in [0.15, 0.2) is 0 Å². The number of β-amino-alcohol motifs (C(OH)–C–C–N with tert-alkyl or cyclic N) is 1. The molecule has 30 heavy (non-hydrogen) atoms. The van der Waals surface area contributed by atoms with Crippen LogP contribution in [0.25, 0.3) is 0 Å². The topological polar surface area (TPSA) is 56.2 Å². The Morgan fingerprint density at radius 1 is 1.10 bits per heavy atom. The highest BCUT2D eigenvalue weighted by Crippen LogP contribution is 2.28. The van der Waals surface area contributed by atoms with Crippen molar-refractivity contribution in [2.75, 3.05) is 57.9 Å². The zero-order chi connectivity index (χ0) is 20.9. The Balaban J connectivity index is 1.50. The average molecular weight is 410 g/mol. The van der Waals surface area contributed by atoms with Gasteiger partial charge in [0.05, 0.1) is 25.4 Å². The summed E-state index contributed by atoms with van der Waals surface area (Å²) in [5, 5.41) is 9.93. The molecule has 0 aliphatic carbocycles. The van der Waals surface area contributed by atoms with E-state index in [-0.39, 0.29) is 18.1 Å². The van der Waals surface area contributed by atoms with Crippen LogP contribution in [0.5, 0.6) is 0 Å². The van der Waals surface area contributed by atoms with Crippen molar-refractivity contribution >= 4 is 11.6 Å². The summed E-state index contributed by atoms with van der Waals surface area (Å²) in [5.41, 5.74) is 3.03. The minimum Gasteiger partial charge on any atom is -0.392 e. The lowest BCUT2D eigenvalue weighted by Crippen LogP contribution is -2.40. The number of nitrogens with zero attached hydrogens (tertiary/aromatic N) is 3. The molecule has 6 heteroatoms. The van der Waals surface area contributed by atoms with Gasteiger partial charge in [0, 0.05) is 51.0 Å². The lowest BCUT2D eigenvalue weighted by molar-refractivity contribution is 0.0303. The molecule has 0 aromatic heterocycles. The van der Waals surface area contributed by atoms with Crippen LogP contribution in [-0.4, -0.2) is 79.9 Å². The van der Waals surface area contributed by atoms with Gasteiger partial charge in [0.25, 0.3) is 5.91 Å². The molecule has 6 nitrogen and oxygen atoms in total. The van der Waals surface area contributed by atoms with E-state index in [4.69, 9.17) is 4.74 Å². The number of carbonyl (C=O) groups excluding carboxylic acids is 1. The van der Waals surface area contributed by atoms with E-state index in [0.717, 1.165) is 31.7 Å². The fraction of sp³-hybridized carbons (Fsp3) is 0.458. The summed E-state index contributed by atoms with van der Waals surface area (Å²) >= 11 is 0. The molecular weight excluding hydrogens is 378 g/mol. The zero-order valence-electron chi connectivity index (χ0n) is 17.6. The Bertz CT molecular complexity index is 821. The first kappa shape index (κ1) is 20.8. The highest BCUT2D eigenvalue weighted by Gasteiger charge is 2.26. The number of amides is 1. The van der Waals surface area contributed by atoms with E-state index in [1.807, 2.05) is 35.2 Å². The van der Waals surface area contributed by atoms with E-state index >= 15 is 0 Å². The summed E-state index contributed by atoms with van der Waals surface area (Å²) in [6.45, 7) is 5.02. The highest BCUT2D eigenvalue weighted by molar-refractivity contribution is 5.94. The number of hydrogen-bond donors (Lipinski definition) is 1. The predicted octanol–water partition coefficient (Wildman–Crippen LogP) is 2.40. The molecule has 0 saturated carbocycles. The van der Waals surface area contributed by atoms with Crippen LogP contribution in [0.4, 0.5) is 5.69 Å². The molecule has 2 aliphatic heterocycles. The number of ether oxygens (including phenoxy) is 1. The number of rotatable bonds is 6. The second-order valence-corrected chi connectivity index (χ2v) is 8.19. The van der Waals surface area contributed by atoms with Crippen LogP contribution in [-0.2, 0) is 4.74 Å². The van der Waals surface area contributed by atoms with Gasteiger partial charge in [0.2, 0.25) is 0 Å². The van der Waals surface area contributed by atoms with Crippen molar-refractivity contribution in [3.8, 4) is 0 Å². The molecule has 2 fully saturated rings. The lowest BCUT2D eigenvalue weighted by Gasteiger charge is -2.34. The SMILES string of the molecule is CN(c1ccc(C(=O)N2CCOCC2)cc1)C(CN1CCC(O)C1)c1ccccc1. The Morgan fingerprint density at radius 3 is 2.43 bits per heavy atom. The van der Waals surface area contributed by atoms with Crippen molar-refractivity contribution in [3.63, 3.8) is 0 Å². The molecule has 2 atom stereocenters. The summed E-state index contributed by atoms with van der Waals surface area (Å²) in [7, 11) is 2.10. The van der Waals surface area contributed by atoms with Gasteiger partial charge in [-0.05, 0) is 36.2 Å². The maximum absolute atomic E-state index is 12.7. The van der Waals surface area contributed by atoms with E-state index in [1.165, 1.54) is 5.56 Å². The fourth-order valence-electron chi connectivity index (χ4n) is 4.32. The van der Waals surface area contributed by atoms with Gasteiger partial charge in [-0.2, -0.15) is 0 Å². The van der Waals surface area contributed by atoms with Gasteiger partial charge < -0.3 is 19.6 Å². The van der Waals surface area contributed by atoms with Crippen LogP contribution in [0.1, 0.15) is 28.4 Å². The molecule has 2 unspecified atom stereocenters. The fourth-order valence-corrected chi connectivity index (χ4v) is 4.32. The van der Waals surface area contributed by atoms with Crippen LogP contribution in [0, 0.1) is 0 Å². The van der Waals surface area contributed by atoms with Gasteiger partial charge >= 0.3 is 0 Å². The van der Waals surface area contributed by atoms with Crippen LogP contribution in [0.3, 0.4) is 0 Å². The third kappa shape index (κ3) is 4.83. The number of benzene rings is 2. The summed E-state index contributed by atoms with van der Waals surface area (Å²) in [5.74, 6) is 0.0677. The molecule has 160 valence electrons. The Morgan fingerprint density at radius 2 is 1.80 bits per heavy atom. The number of anilines is 1. The van der Waals surface area contributed by atoms with E-state index in [2.05, 4.69) is 41.1 Å². The normalized spacial score (nSPS) is 20.9. The molecule has 0 spiro atoms.